The van der Waals surface area contributed by atoms with Crippen molar-refractivity contribution in [2.45, 2.75) is 13.3 Å². The fourth-order valence-corrected chi connectivity index (χ4v) is 1.90. The average Bonchev–Trinajstić information content (AvgIpc) is 2.16. The van der Waals surface area contributed by atoms with Crippen molar-refractivity contribution in [1.82, 2.24) is 0 Å². The Hall–Kier alpha value is -0.700. The lowest BCUT2D eigenvalue weighted by atomic mass is 10.1. The fraction of sp³-hybridized carbons (Fsp3) is 0.333. The second-order valence-corrected chi connectivity index (χ2v) is 4.50. The number of rotatable bonds is 5. The lowest BCUT2D eigenvalue weighted by Crippen LogP contribution is -2.07. The van der Waals surface area contributed by atoms with Crippen LogP contribution in [0.2, 0.25) is 10.0 Å². The van der Waals surface area contributed by atoms with Gasteiger partial charge in [0.2, 0.25) is 0 Å². The lowest BCUT2D eigenvalue weighted by Gasteiger charge is -2.13. The van der Waals surface area contributed by atoms with E-state index in [0.717, 1.165) is 11.1 Å². The first-order chi connectivity index (χ1) is 7.54. The van der Waals surface area contributed by atoms with E-state index in [1.807, 2.05) is 13.0 Å². The summed E-state index contributed by atoms with van der Waals surface area (Å²) < 4.78 is 5.59. The molecule has 0 spiro atoms. The molecule has 88 valence electrons. The number of hydrogen-bond donors (Lipinski definition) is 1. The zero-order chi connectivity index (χ0) is 12.1. The second-order valence-electron chi connectivity index (χ2n) is 3.66. The molecule has 0 heterocycles. The Kier molecular flexibility index (Phi) is 5.13. The highest BCUT2D eigenvalue weighted by Crippen LogP contribution is 2.32. The van der Waals surface area contributed by atoms with Gasteiger partial charge >= 0.3 is 0 Å². The van der Waals surface area contributed by atoms with Gasteiger partial charge in [0.1, 0.15) is 12.4 Å². The first-order valence-electron chi connectivity index (χ1n) is 4.99. The molecule has 0 radical (unpaired) electrons. The third kappa shape index (κ3) is 3.71. The summed E-state index contributed by atoms with van der Waals surface area (Å²) in [6, 6.07) is 3.49. The van der Waals surface area contributed by atoms with E-state index in [2.05, 4.69) is 6.58 Å². The van der Waals surface area contributed by atoms with Gasteiger partial charge in [-0.15, -0.1) is 0 Å². The molecule has 4 heteroatoms. The van der Waals surface area contributed by atoms with Crippen LogP contribution in [-0.2, 0) is 6.42 Å². The molecule has 2 nitrogen and oxygen atoms in total. The Bertz CT molecular complexity index is 391. The minimum atomic E-state index is 0.443. The van der Waals surface area contributed by atoms with Gasteiger partial charge in [0.25, 0.3) is 0 Å². The zero-order valence-corrected chi connectivity index (χ0v) is 10.7. The van der Waals surface area contributed by atoms with Crippen LogP contribution in [0.3, 0.4) is 0 Å². The van der Waals surface area contributed by atoms with Crippen LogP contribution in [0.5, 0.6) is 5.75 Å². The van der Waals surface area contributed by atoms with Crippen molar-refractivity contribution >= 4 is 23.2 Å². The number of benzene rings is 1. The van der Waals surface area contributed by atoms with Crippen LogP contribution in [0.25, 0.3) is 0 Å². The molecule has 0 fully saturated rings. The summed E-state index contributed by atoms with van der Waals surface area (Å²) in [5.41, 5.74) is 7.39. The number of halogens is 2. The van der Waals surface area contributed by atoms with Crippen molar-refractivity contribution in [3.63, 3.8) is 0 Å². The largest absolute Gasteiger partial charge is 0.487 e. The molecule has 0 saturated heterocycles. The first kappa shape index (κ1) is 13.4. The van der Waals surface area contributed by atoms with Crippen LogP contribution in [-0.4, -0.2) is 13.2 Å². The SMILES string of the molecule is C=C(C)COc1c(Cl)cc(Cl)cc1CCN. The van der Waals surface area contributed by atoms with E-state index >= 15 is 0 Å². The minimum Gasteiger partial charge on any atom is -0.487 e. The van der Waals surface area contributed by atoms with Gasteiger partial charge in [0.05, 0.1) is 5.02 Å². The molecule has 0 unspecified atom stereocenters. The predicted molar refractivity (Wildman–Crippen MR) is 69.5 cm³/mol. The van der Waals surface area contributed by atoms with Crippen molar-refractivity contribution in [2.75, 3.05) is 13.2 Å². The monoisotopic (exact) mass is 259 g/mol. The maximum Gasteiger partial charge on any atom is 0.141 e. The Morgan fingerprint density at radius 3 is 2.69 bits per heavy atom. The van der Waals surface area contributed by atoms with Gasteiger partial charge in [0.15, 0.2) is 0 Å². The van der Waals surface area contributed by atoms with Gasteiger partial charge in [-0.3, -0.25) is 0 Å². The van der Waals surface area contributed by atoms with Crippen LogP contribution in [0.15, 0.2) is 24.3 Å². The molecule has 0 aliphatic rings. The highest BCUT2D eigenvalue weighted by molar-refractivity contribution is 6.35. The third-order valence-corrected chi connectivity index (χ3v) is 2.46. The third-order valence-electron chi connectivity index (χ3n) is 1.96. The highest BCUT2D eigenvalue weighted by Gasteiger charge is 2.10. The van der Waals surface area contributed by atoms with Gasteiger partial charge < -0.3 is 10.5 Å². The molecule has 0 bridgehead atoms. The summed E-state index contributed by atoms with van der Waals surface area (Å²) in [5, 5.41) is 1.10. The maximum absolute atomic E-state index is 6.07. The van der Waals surface area contributed by atoms with E-state index in [9.17, 15) is 0 Å². The molecule has 0 amide bonds. The molecular weight excluding hydrogens is 245 g/mol. The Morgan fingerprint density at radius 1 is 1.44 bits per heavy atom. The van der Waals surface area contributed by atoms with Gasteiger partial charge in [-0.05, 0) is 43.2 Å². The molecule has 1 aromatic rings. The molecule has 0 aromatic heterocycles. The summed E-state index contributed by atoms with van der Waals surface area (Å²) in [4.78, 5) is 0. The molecule has 1 aromatic carbocycles. The minimum absolute atomic E-state index is 0.443. The van der Waals surface area contributed by atoms with Crippen LogP contribution < -0.4 is 10.5 Å². The maximum atomic E-state index is 6.07. The standard InChI is InChI=1S/C12H15Cl2NO/c1-8(2)7-16-12-9(3-4-15)5-10(13)6-11(12)14/h5-6H,1,3-4,7,15H2,2H3. The van der Waals surface area contributed by atoms with Gasteiger partial charge in [0, 0.05) is 5.02 Å². The summed E-state index contributed by atoms with van der Waals surface area (Å²) >= 11 is 12.0. The van der Waals surface area contributed by atoms with Crippen molar-refractivity contribution < 1.29 is 4.74 Å². The van der Waals surface area contributed by atoms with Gasteiger partial charge in [-0.25, -0.2) is 0 Å². The second kappa shape index (κ2) is 6.14. The van der Waals surface area contributed by atoms with Crippen molar-refractivity contribution in [2.24, 2.45) is 5.73 Å². The van der Waals surface area contributed by atoms with Crippen LogP contribution in [0.1, 0.15) is 12.5 Å². The summed E-state index contributed by atoms with van der Waals surface area (Å²) in [6.45, 7) is 6.64. The Morgan fingerprint density at radius 2 is 2.12 bits per heavy atom. The summed E-state index contributed by atoms with van der Waals surface area (Å²) in [7, 11) is 0. The van der Waals surface area contributed by atoms with Crippen molar-refractivity contribution in [1.29, 1.82) is 0 Å². The predicted octanol–water partition coefficient (Wildman–Crippen LogP) is 3.45. The Balaban J connectivity index is 2.98. The molecule has 0 atom stereocenters. The molecule has 1 rings (SSSR count). The quantitative estimate of drug-likeness (QED) is 0.823. The molecule has 0 saturated carbocycles. The van der Waals surface area contributed by atoms with E-state index in [-0.39, 0.29) is 0 Å². The fourth-order valence-electron chi connectivity index (χ4n) is 1.31. The molecule has 16 heavy (non-hydrogen) atoms. The number of ether oxygens (including phenoxy) is 1. The lowest BCUT2D eigenvalue weighted by molar-refractivity contribution is 0.349. The van der Waals surface area contributed by atoms with E-state index in [0.29, 0.717) is 35.4 Å². The smallest absolute Gasteiger partial charge is 0.141 e. The molecule has 0 aliphatic heterocycles. The van der Waals surface area contributed by atoms with Crippen LogP contribution in [0.4, 0.5) is 0 Å². The van der Waals surface area contributed by atoms with E-state index < -0.39 is 0 Å². The van der Waals surface area contributed by atoms with E-state index in [1.54, 1.807) is 6.07 Å². The normalized spacial score (nSPS) is 10.2. The van der Waals surface area contributed by atoms with E-state index in [4.69, 9.17) is 33.7 Å². The molecule has 0 aliphatic carbocycles. The summed E-state index contributed by atoms with van der Waals surface area (Å²) in [6.07, 6.45) is 0.686. The van der Waals surface area contributed by atoms with Crippen molar-refractivity contribution in [3.05, 3.63) is 39.9 Å². The zero-order valence-electron chi connectivity index (χ0n) is 9.22. The van der Waals surface area contributed by atoms with E-state index in [1.165, 1.54) is 0 Å². The van der Waals surface area contributed by atoms with Crippen molar-refractivity contribution in [3.8, 4) is 5.75 Å². The van der Waals surface area contributed by atoms with Crippen LogP contribution >= 0.6 is 23.2 Å². The highest BCUT2D eigenvalue weighted by atomic mass is 35.5. The first-order valence-corrected chi connectivity index (χ1v) is 5.75. The van der Waals surface area contributed by atoms with Gasteiger partial charge in [-0.1, -0.05) is 29.8 Å². The average molecular weight is 260 g/mol. The summed E-state index contributed by atoms with van der Waals surface area (Å²) in [5.74, 6) is 0.652. The Labute approximate surface area is 106 Å². The number of hydrogen-bond acceptors (Lipinski definition) is 2. The number of nitrogens with two attached hydrogens (primary N) is 1. The topological polar surface area (TPSA) is 35.2 Å². The van der Waals surface area contributed by atoms with Gasteiger partial charge in [-0.2, -0.15) is 0 Å². The van der Waals surface area contributed by atoms with Crippen LogP contribution in [0, 0.1) is 0 Å². The molecular formula is C12H15Cl2NO. The molecule has 2 N–H and O–H groups in total.